The molecule has 0 spiro atoms. The molecule has 3 atom stereocenters. The molecule has 4 rings (SSSR count). The highest BCUT2D eigenvalue weighted by Crippen LogP contribution is 2.33. The predicted molar refractivity (Wildman–Crippen MR) is 135 cm³/mol. The van der Waals surface area contributed by atoms with Gasteiger partial charge in [0.05, 0.1) is 17.3 Å². The summed E-state index contributed by atoms with van der Waals surface area (Å²) in [5, 5.41) is 0. The summed E-state index contributed by atoms with van der Waals surface area (Å²) in [6.07, 6.45) is 1.99. The lowest BCUT2D eigenvalue weighted by Crippen LogP contribution is -2.57. The lowest BCUT2D eigenvalue weighted by Gasteiger charge is -2.47. The fourth-order valence-electron chi connectivity index (χ4n) is 4.75. The van der Waals surface area contributed by atoms with Crippen molar-refractivity contribution >= 4 is 22.5 Å². The Morgan fingerprint density at radius 2 is 1.88 bits per heavy atom. The van der Waals surface area contributed by atoms with Gasteiger partial charge in [0.2, 0.25) is 11.4 Å². The molecule has 1 aliphatic rings. The molecule has 0 radical (unpaired) electrons. The third-order valence-corrected chi connectivity index (χ3v) is 6.61. The molecule has 1 aliphatic heterocycles. The molecule has 3 aromatic heterocycles. The smallest absolute Gasteiger partial charge is 0.270 e. The summed E-state index contributed by atoms with van der Waals surface area (Å²) in [4.78, 5) is 30.0. The first-order valence-electron chi connectivity index (χ1n) is 11.7. The Balaban J connectivity index is 1.61. The first-order valence-corrected chi connectivity index (χ1v) is 11.7. The standard InChI is InChI=1S/C26H32N6O2/c1-16(2)34-24-11-8-20(13-28-24)19(5)31-14-18(4)32(15-17(31)3)22-12-25(33)30(7)21-9-10-23(27-6)29-26(21)22/h8-13,16-19H,14-15H2,1-5,7H3/t17-,18+,19?/m1/s1. The van der Waals surface area contributed by atoms with Crippen LogP contribution in [0.3, 0.4) is 0 Å². The van der Waals surface area contributed by atoms with Crippen molar-refractivity contribution in [2.45, 2.75) is 58.8 Å². The van der Waals surface area contributed by atoms with E-state index in [0.29, 0.717) is 17.2 Å². The largest absolute Gasteiger partial charge is 0.475 e. The third-order valence-electron chi connectivity index (χ3n) is 6.61. The van der Waals surface area contributed by atoms with E-state index < -0.39 is 0 Å². The van der Waals surface area contributed by atoms with Crippen molar-refractivity contribution in [3.63, 3.8) is 0 Å². The van der Waals surface area contributed by atoms with Gasteiger partial charge in [0.25, 0.3) is 11.4 Å². The van der Waals surface area contributed by atoms with E-state index in [9.17, 15) is 4.79 Å². The molecule has 0 saturated carbocycles. The van der Waals surface area contributed by atoms with Crippen LogP contribution in [0.5, 0.6) is 5.88 Å². The van der Waals surface area contributed by atoms with E-state index >= 15 is 0 Å². The zero-order chi connectivity index (χ0) is 24.6. The molecule has 1 unspecified atom stereocenters. The van der Waals surface area contributed by atoms with Crippen LogP contribution in [0, 0.1) is 6.57 Å². The first-order chi connectivity index (χ1) is 16.2. The molecule has 0 amide bonds. The SMILES string of the molecule is [C-]#[N+]c1ccc2c(n1)c(N1C[C@@H](C)N(C(C)c3ccc(OC(C)C)nc3)C[C@@H]1C)cc(=O)n2C. The molecule has 4 heterocycles. The van der Waals surface area contributed by atoms with Crippen LogP contribution in [0.1, 0.15) is 46.2 Å². The molecule has 8 heteroatoms. The van der Waals surface area contributed by atoms with E-state index in [4.69, 9.17) is 11.3 Å². The van der Waals surface area contributed by atoms with E-state index in [-0.39, 0.29) is 29.8 Å². The molecule has 1 saturated heterocycles. The maximum atomic E-state index is 12.7. The summed E-state index contributed by atoms with van der Waals surface area (Å²) in [7, 11) is 1.74. The highest BCUT2D eigenvalue weighted by Gasteiger charge is 2.34. The number of fused-ring (bicyclic) bond motifs is 1. The van der Waals surface area contributed by atoms with Crippen molar-refractivity contribution in [3.8, 4) is 5.88 Å². The fraction of sp³-hybridized carbons (Fsp3) is 0.462. The molecular weight excluding hydrogens is 428 g/mol. The minimum absolute atomic E-state index is 0.0784. The second kappa shape index (κ2) is 9.43. The van der Waals surface area contributed by atoms with Crippen LogP contribution in [-0.4, -0.2) is 50.7 Å². The summed E-state index contributed by atoms with van der Waals surface area (Å²) in [6.45, 7) is 19.5. The number of ether oxygens (including phenoxy) is 1. The number of hydrogen-bond donors (Lipinski definition) is 0. The summed E-state index contributed by atoms with van der Waals surface area (Å²) in [5.41, 5.74) is 3.30. The van der Waals surface area contributed by atoms with Crippen molar-refractivity contribution in [3.05, 3.63) is 63.9 Å². The topological polar surface area (TPSA) is 67.9 Å². The van der Waals surface area contributed by atoms with Crippen molar-refractivity contribution in [1.29, 1.82) is 0 Å². The number of pyridine rings is 3. The fourth-order valence-corrected chi connectivity index (χ4v) is 4.75. The van der Waals surface area contributed by atoms with Crippen molar-refractivity contribution < 1.29 is 4.74 Å². The molecule has 0 aliphatic carbocycles. The molecule has 3 aromatic rings. The van der Waals surface area contributed by atoms with Crippen LogP contribution < -0.4 is 15.2 Å². The van der Waals surface area contributed by atoms with Gasteiger partial charge in [0, 0.05) is 56.6 Å². The Hall–Kier alpha value is -3.44. The Bertz CT molecular complexity index is 1280. The van der Waals surface area contributed by atoms with Crippen LogP contribution in [0.2, 0.25) is 0 Å². The van der Waals surface area contributed by atoms with Gasteiger partial charge in [-0.05, 0) is 52.3 Å². The highest BCUT2D eigenvalue weighted by atomic mass is 16.5. The Labute approximate surface area is 200 Å². The Morgan fingerprint density at radius 1 is 1.12 bits per heavy atom. The molecule has 34 heavy (non-hydrogen) atoms. The van der Waals surface area contributed by atoms with Gasteiger partial charge in [-0.1, -0.05) is 12.6 Å². The Morgan fingerprint density at radius 3 is 2.53 bits per heavy atom. The normalized spacial score (nSPS) is 19.9. The number of hydrogen-bond acceptors (Lipinski definition) is 6. The number of anilines is 1. The Kier molecular flexibility index (Phi) is 6.58. The van der Waals surface area contributed by atoms with E-state index in [1.807, 2.05) is 32.2 Å². The lowest BCUT2D eigenvalue weighted by molar-refractivity contribution is 0.119. The van der Waals surface area contributed by atoms with Crippen LogP contribution in [0.25, 0.3) is 15.9 Å². The van der Waals surface area contributed by atoms with E-state index in [1.165, 1.54) is 0 Å². The van der Waals surface area contributed by atoms with E-state index in [0.717, 1.165) is 29.9 Å². The highest BCUT2D eigenvalue weighted by molar-refractivity contribution is 5.89. The summed E-state index contributed by atoms with van der Waals surface area (Å²) < 4.78 is 7.27. The average Bonchev–Trinajstić information content (AvgIpc) is 2.82. The number of piperazine rings is 1. The lowest BCUT2D eigenvalue weighted by atomic mass is 10.0. The number of rotatable bonds is 5. The summed E-state index contributed by atoms with van der Waals surface area (Å²) in [6, 6.07) is 9.73. The maximum absolute atomic E-state index is 12.7. The quantitative estimate of drug-likeness (QED) is 0.528. The zero-order valence-corrected chi connectivity index (χ0v) is 20.7. The van der Waals surface area contributed by atoms with Gasteiger partial charge in [-0.15, -0.1) is 4.98 Å². The van der Waals surface area contributed by atoms with Gasteiger partial charge >= 0.3 is 0 Å². The monoisotopic (exact) mass is 460 g/mol. The van der Waals surface area contributed by atoms with Gasteiger partial charge in [0.15, 0.2) is 0 Å². The van der Waals surface area contributed by atoms with Gasteiger partial charge in [0.1, 0.15) is 0 Å². The molecule has 1 fully saturated rings. The second-order valence-corrected chi connectivity index (χ2v) is 9.40. The van der Waals surface area contributed by atoms with Crippen molar-refractivity contribution in [1.82, 2.24) is 19.4 Å². The average molecular weight is 461 g/mol. The first kappa shape index (κ1) is 23.7. The molecule has 0 bridgehead atoms. The number of aryl methyl sites for hydroxylation is 1. The summed E-state index contributed by atoms with van der Waals surface area (Å²) in [5.74, 6) is 0.971. The van der Waals surface area contributed by atoms with Crippen LogP contribution in [0.15, 0.2) is 41.3 Å². The molecule has 0 aromatic carbocycles. The van der Waals surface area contributed by atoms with Crippen LogP contribution >= 0.6 is 0 Å². The van der Waals surface area contributed by atoms with Gasteiger partial charge < -0.3 is 19.0 Å². The minimum atomic E-state index is -0.0784. The van der Waals surface area contributed by atoms with Gasteiger partial charge in [-0.25, -0.2) is 4.98 Å². The minimum Gasteiger partial charge on any atom is -0.475 e. The van der Waals surface area contributed by atoms with Crippen LogP contribution in [0.4, 0.5) is 11.5 Å². The number of aromatic nitrogens is 3. The molecule has 0 N–H and O–H groups in total. The van der Waals surface area contributed by atoms with Crippen molar-refractivity contribution in [2.75, 3.05) is 18.0 Å². The number of nitrogens with zero attached hydrogens (tertiary/aromatic N) is 6. The van der Waals surface area contributed by atoms with Gasteiger partial charge in [-0.2, -0.15) is 0 Å². The second-order valence-electron chi connectivity index (χ2n) is 9.40. The van der Waals surface area contributed by atoms with Gasteiger partial charge in [-0.3, -0.25) is 9.69 Å². The molecule has 8 nitrogen and oxygen atoms in total. The third kappa shape index (κ3) is 4.48. The van der Waals surface area contributed by atoms with E-state index in [1.54, 1.807) is 23.7 Å². The van der Waals surface area contributed by atoms with Crippen molar-refractivity contribution in [2.24, 2.45) is 7.05 Å². The molecule has 178 valence electrons. The maximum Gasteiger partial charge on any atom is 0.270 e. The van der Waals surface area contributed by atoms with Crippen LogP contribution in [-0.2, 0) is 7.05 Å². The predicted octanol–water partition coefficient (Wildman–Crippen LogP) is 4.33. The zero-order valence-electron chi connectivity index (χ0n) is 20.7. The van der Waals surface area contributed by atoms with E-state index in [2.05, 4.69) is 51.5 Å². The molecular formula is C26H32N6O2. The summed E-state index contributed by atoms with van der Waals surface area (Å²) >= 11 is 0.